The third-order valence-electron chi connectivity index (χ3n) is 3.39. The van der Waals surface area contributed by atoms with Gasteiger partial charge in [-0.2, -0.15) is 0 Å². The zero-order chi connectivity index (χ0) is 12.5. The molecule has 0 aromatic carbocycles. The van der Waals surface area contributed by atoms with E-state index in [4.69, 9.17) is 16.3 Å². The van der Waals surface area contributed by atoms with Gasteiger partial charge in [0.2, 0.25) is 5.91 Å². The summed E-state index contributed by atoms with van der Waals surface area (Å²) >= 11 is 5.70. The SMILES string of the molecule is COCC(CCCl)NC(=O)CC1CCCCC1. The van der Waals surface area contributed by atoms with Gasteiger partial charge in [0.1, 0.15) is 0 Å². The van der Waals surface area contributed by atoms with Gasteiger partial charge in [0.05, 0.1) is 12.6 Å². The van der Waals surface area contributed by atoms with Gasteiger partial charge < -0.3 is 10.1 Å². The number of amides is 1. The number of nitrogens with one attached hydrogen (secondary N) is 1. The molecule has 0 aromatic rings. The number of hydrogen-bond acceptors (Lipinski definition) is 2. The van der Waals surface area contributed by atoms with Gasteiger partial charge >= 0.3 is 0 Å². The summed E-state index contributed by atoms with van der Waals surface area (Å²) in [6.07, 6.45) is 7.74. The summed E-state index contributed by atoms with van der Waals surface area (Å²) in [5.74, 6) is 1.30. The standard InChI is InChI=1S/C13H24ClNO2/c1-17-10-12(7-8-14)15-13(16)9-11-5-3-2-4-6-11/h11-12H,2-10H2,1H3,(H,15,16). The molecule has 1 aliphatic carbocycles. The Morgan fingerprint density at radius 3 is 2.71 bits per heavy atom. The lowest BCUT2D eigenvalue weighted by Gasteiger charge is -2.23. The van der Waals surface area contributed by atoms with E-state index in [1.54, 1.807) is 7.11 Å². The van der Waals surface area contributed by atoms with Gasteiger partial charge in [-0.1, -0.05) is 19.3 Å². The Morgan fingerprint density at radius 2 is 2.12 bits per heavy atom. The maximum absolute atomic E-state index is 11.9. The minimum absolute atomic E-state index is 0.0635. The largest absolute Gasteiger partial charge is 0.383 e. The Balaban J connectivity index is 2.25. The Kier molecular flexibility index (Phi) is 7.62. The molecule has 1 fully saturated rings. The van der Waals surface area contributed by atoms with E-state index in [0.717, 1.165) is 6.42 Å². The predicted octanol–water partition coefficient (Wildman–Crippen LogP) is 2.72. The molecule has 0 aromatic heterocycles. The summed E-state index contributed by atoms with van der Waals surface area (Å²) in [6.45, 7) is 0.545. The van der Waals surface area contributed by atoms with Crippen molar-refractivity contribution in [3.8, 4) is 0 Å². The normalized spacial score (nSPS) is 18.9. The molecule has 0 spiro atoms. The highest BCUT2D eigenvalue weighted by Gasteiger charge is 2.18. The molecular formula is C13H24ClNO2. The first-order valence-corrected chi connectivity index (χ1v) is 7.14. The van der Waals surface area contributed by atoms with Crippen LogP contribution in [0.2, 0.25) is 0 Å². The second-order valence-corrected chi connectivity index (χ2v) is 5.28. The number of alkyl halides is 1. The van der Waals surface area contributed by atoms with Crippen molar-refractivity contribution in [1.29, 1.82) is 0 Å². The number of halogens is 1. The van der Waals surface area contributed by atoms with Crippen molar-refractivity contribution in [3.63, 3.8) is 0 Å². The summed E-state index contributed by atoms with van der Waals surface area (Å²) in [6, 6.07) is 0.0635. The first-order chi connectivity index (χ1) is 8.26. The van der Waals surface area contributed by atoms with E-state index in [0.29, 0.717) is 24.8 Å². The molecule has 3 nitrogen and oxygen atoms in total. The van der Waals surface area contributed by atoms with E-state index in [2.05, 4.69) is 5.32 Å². The molecule has 1 saturated carbocycles. The van der Waals surface area contributed by atoms with E-state index in [1.165, 1.54) is 32.1 Å². The van der Waals surface area contributed by atoms with Crippen molar-refractivity contribution in [2.45, 2.75) is 51.0 Å². The van der Waals surface area contributed by atoms with Gasteiger partial charge in [-0.15, -0.1) is 11.6 Å². The monoisotopic (exact) mass is 261 g/mol. The van der Waals surface area contributed by atoms with Crippen molar-refractivity contribution in [2.24, 2.45) is 5.92 Å². The van der Waals surface area contributed by atoms with Gasteiger partial charge in [-0.05, 0) is 25.2 Å². The molecular weight excluding hydrogens is 238 g/mol. The molecule has 100 valence electrons. The van der Waals surface area contributed by atoms with E-state index >= 15 is 0 Å². The van der Waals surface area contributed by atoms with Crippen LogP contribution in [0.4, 0.5) is 0 Å². The van der Waals surface area contributed by atoms with Gasteiger partial charge in [-0.25, -0.2) is 0 Å². The van der Waals surface area contributed by atoms with E-state index in [-0.39, 0.29) is 11.9 Å². The predicted molar refractivity (Wildman–Crippen MR) is 70.3 cm³/mol. The van der Waals surface area contributed by atoms with Crippen LogP contribution in [0, 0.1) is 5.92 Å². The number of carbonyl (C=O) groups excluding carboxylic acids is 1. The first kappa shape index (κ1) is 14.8. The third kappa shape index (κ3) is 6.27. The molecule has 0 aliphatic heterocycles. The number of hydrogen-bond donors (Lipinski definition) is 1. The van der Waals surface area contributed by atoms with Crippen LogP contribution in [0.15, 0.2) is 0 Å². The molecule has 0 radical (unpaired) electrons. The summed E-state index contributed by atoms with van der Waals surface area (Å²) in [4.78, 5) is 11.9. The average molecular weight is 262 g/mol. The number of rotatable bonds is 7. The van der Waals surface area contributed by atoms with Crippen LogP contribution < -0.4 is 5.32 Å². The molecule has 1 unspecified atom stereocenters. The minimum Gasteiger partial charge on any atom is -0.383 e. The van der Waals surface area contributed by atoms with Crippen LogP contribution in [0.1, 0.15) is 44.9 Å². The van der Waals surface area contributed by atoms with Crippen molar-refractivity contribution in [3.05, 3.63) is 0 Å². The van der Waals surface area contributed by atoms with Crippen molar-refractivity contribution < 1.29 is 9.53 Å². The van der Waals surface area contributed by atoms with Crippen LogP contribution in [0.3, 0.4) is 0 Å². The van der Waals surface area contributed by atoms with Gasteiger partial charge in [0, 0.05) is 19.4 Å². The number of carbonyl (C=O) groups is 1. The summed E-state index contributed by atoms with van der Waals surface area (Å²) < 4.78 is 5.07. The Morgan fingerprint density at radius 1 is 1.41 bits per heavy atom. The number of methoxy groups -OCH3 is 1. The lowest BCUT2D eigenvalue weighted by Crippen LogP contribution is -2.39. The molecule has 4 heteroatoms. The Hall–Kier alpha value is -0.280. The van der Waals surface area contributed by atoms with Crippen molar-refractivity contribution in [2.75, 3.05) is 19.6 Å². The zero-order valence-electron chi connectivity index (χ0n) is 10.7. The zero-order valence-corrected chi connectivity index (χ0v) is 11.5. The van der Waals surface area contributed by atoms with Crippen LogP contribution >= 0.6 is 11.6 Å². The fourth-order valence-corrected chi connectivity index (χ4v) is 2.73. The molecule has 1 amide bonds. The first-order valence-electron chi connectivity index (χ1n) is 6.60. The topological polar surface area (TPSA) is 38.3 Å². The van der Waals surface area contributed by atoms with Crippen LogP contribution in [0.25, 0.3) is 0 Å². The summed E-state index contributed by atoms with van der Waals surface area (Å²) in [5.41, 5.74) is 0. The fraction of sp³-hybridized carbons (Fsp3) is 0.923. The van der Waals surface area contributed by atoms with Gasteiger partial charge in [-0.3, -0.25) is 4.79 Å². The van der Waals surface area contributed by atoms with Crippen LogP contribution in [0.5, 0.6) is 0 Å². The lowest BCUT2D eigenvalue weighted by atomic mass is 9.87. The lowest BCUT2D eigenvalue weighted by molar-refractivity contribution is -0.123. The molecule has 0 heterocycles. The molecule has 0 saturated heterocycles. The second-order valence-electron chi connectivity index (χ2n) is 4.91. The molecule has 0 bridgehead atoms. The van der Waals surface area contributed by atoms with E-state index < -0.39 is 0 Å². The molecule has 1 atom stereocenters. The highest BCUT2D eigenvalue weighted by Crippen LogP contribution is 2.26. The van der Waals surface area contributed by atoms with E-state index in [9.17, 15) is 4.79 Å². The van der Waals surface area contributed by atoms with Crippen molar-refractivity contribution >= 4 is 17.5 Å². The van der Waals surface area contributed by atoms with E-state index in [1.807, 2.05) is 0 Å². The average Bonchev–Trinajstić information content (AvgIpc) is 2.30. The van der Waals surface area contributed by atoms with Crippen LogP contribution in [-0.2, 0) is 9.53 Å². The van der Waals surface area contributed by atoms with Crippen molar-refractivity contribution in [1.82, 2.24) is 5.32 Å². The van der Waals surface area contributed by atoms with Gasteiger partial charge in [0.25, 0.3) is 0 Å². The smallest absolute Gasteiger partial charge is 0.220 e. The van der Waals surface area contributed by atoms with Gasteiger partial charge in [0.15, 0.2) is 0 Å². The molecule has 1 N–H and O–H groups in total. The molecule has 1 aliphatic rings. The minimum atomic E-state index is 0.0635. The third-order valence-corrected chi connectivity index (χ3v) is 3.61. The number of ether oxygens (including phenoxy) is 1. The maximum atomic E-state index is 11.9. The summed E-state index contributed by atoms with van der Waals surface area (Å²) in [5, 5.41) is 3.02. The second kappa shape index (κ2) is 8.76. The highest BCUT2D eigenvalue weighted by atomic mass is 35.5. The highest BCUT2D eigenvalue weighted by molar-refractivity contribution is 6.17. The molecule has 1 rings (SSSR count). The Bertz CT molecular complexity index is 211. The van der Waals surface area contributed by atoms with Crippen LogP contribution in [-0.4, -0.2) is 31.5 Å². The quantitative estimate of drug-likeness (QED) is 0.716. The maximum Gasteiger partial charge on any atom is 0.220 e. The molecule has 17 heavy (non-hydrogen) atoms. The Labute approximate surface area is 109 Å². The summed E-state index contributed by atoms with van der Waals surface area (Å²) in [7, 11) is 1.65. The fourth-order valence-electron chi connectivity index (χ4n) is 2.47.